The summed E-state index contributed by atoms with van der Waals surface area (Å²) in [6.07, 6.45) is 2.57. The minimum atomic E-state index is -1.13. The first kappa shape index (κ1) is 60.4. The van der Waals surface area contributed by atoms with Crippen molar-refractivity contribution in [3.05, 3.63) is 102 Å². The average molecular weight is 1080 g/mol. The van der Waals surface area contributed by atoms with Gasteiger partial charge in [-0.15, -0.1) is 11.8 Å². The van der Waals surface area contributed by atoms with E-state index in [1.54, 1.807) is 36.4 Å². The van der Waals surface area contributed by atoms with Crippen molar-refractivity contribution < 1.29 is 52.7 Å². The summed E-state index contributed by atoms with van der Waals surface area (Å²) >= 11 is 1.20. The zero-order valence-electron chi connectivity index (χ0n) is 43.5. The first-order valence-corrected chi connectivity index (χ1v) is 26.9. The maximum Gasteiger partial charge on any atom is 0.247 e. The standard InChI is InChI=1S/C54H71N11O11S/c1-34(2)27-41(63-53(75)42(29-37-13-7-4-8-14-37)62-50(72)39(56)28-36-11-5-3-6-12-36)52(74)61-40(15-9-10-23-55)51(73)60-33-46(68)59-32-45(67)58-31-44(66)57-24-26-77-43-30-49(71)65(54(43)76)38-19-16-35(17-20-38)18-21-47(69)64-25-22-48(64)70/h3-8,11-14,16-17,19-20,34,39-43H,9-10,15,18,21-33,55-56H2,1-2H3,(H,57,66)(H,58,67)(H,59,68)(H,60,73)(H,61,74)(H,62,72)(H,63,75)/t39-,40-,41-,42-,43?/m1/s1. The first-order chi connectivity index (χ1) is 36.9. The number of anilines is 1. The topological polar surface area (TPSA) is 330 Å². The van der Waals surface area contributed by atoms with Crippen molar-refractivity contribution in [2.75, 3.05) is 49.9 Å². The Morgan fingerprint density at radius 1 is 0.636 bits per heavy atom. The number of unbranched alkanes of at least 4 members (excludes halogenated alkanes) is 1. The van der Waals surface area contributed by atoms with Gasteiger partial charge in [-0.1, -0.05) is 86.6 Å². The number of hydrogen-bond acceptors (Lipinski definition) is 14. The minimum absolute atomic E-state index is 0.0250. The first-order valence-electron chi connectivity index (χ1n) is 25.8. The number of carbonyl (C=O) groups excluding carboxylic acids is 11. The number of rotatable bonds is 31. The average Bonchev–Trinajstić information content (AvgIpc) is 3.70. The molecule has 2 saturated heterocycles. The van der Waals surface area contributed by atoms with Gasteiger partial charge < -0.3 is 48.7 Å². The van der Waals surface area contributed by atoms with E-state index < -0.39 is 96.3 Å². The molecule has 11 N–H and O–H groups in total. The van der Waals surface area contributed by atoms with E-state index >= 15 is 0 Å². The van der Waals surface area contributed by atoms with Gasteiger partial charge in [-0.3, -0.25) is 57.6 Å². The van der Waals surface area contributed by atoms with Crippen molar-refractivity contribution in [1.29, 1.82) is 0 Å². The Labute approximate surface area is 452 Å². The van der Waals surface area contributed by atoms with E-state index in [1.807, 2.05) is 62.4 Å². The molecule has 3 aromatic rings. The molecule has 0 aliphatic carbocycles. The third-order valence-electron chi connectivity index (χ3n) is 12.6. The molecule has 3 aromatic carbocycles. The van der Waals surface area contributed by atoms with Crippen LogP contribution in [0.2, 0.25) is 0 Å². The lowest BCUT2D eigenvalue weighted by atomic mass is 9.99. The zero-order chi connectivity index (χ0) is 55.9. The summed E-state index contributed by atoms with van der Waals surface area (Å²) in [5.74, 6) is -5.48. The van der Waals surface area contributed by atoms with Crippen LogP contribution in [-0.4, -0.2) is 144 Å². The van der Waals surface area contributed by atoms with Gasteiger partial charge in [-0.05, 0) is 79.8 Å². The van der Waals surface area contributed by atoms with Crippen molar-refractivity contribution in [3.8, 4) is 0 Å². The lowest BCUT2D eigenvalue weighted by Gasteiger charge is -2.28. The summed E-state index contributed by atoms with van der Waals surface area (Å²) in [5, 5.41) is 17.5. The van der Waals surface area contributed by atoms with Gasteiger partial charge in [0.2, 0.25) is 65.0 Å². The van der Waals surface area contributed by atoms with Crippen LogP contribution in [0.15, 0.2) is 84.9 Å². The molecule has 2 heterocycles. The van der Waals surface area contributed by atoms with Gasteiger partial charge in [0.25, 0.3) is 0 Å². The molecule has 2 aliphatic rings. The number of benzene rings is 3. The van der Waals surface area contributed by atoms with E-state index in [0.29, 0.717) is 50.2 Å². The van der Waals surface area contributed by atoms with E-state index in [4.69, 9.17) is 11.5 Å². The Morgan fingerprint density at radius 3 is 1.79 bits per heavy atom. The molecule has 0 aromatic heterocycles. The number of nitrogens with two attached hydrogens (primary N) is 2. The van der Waals surface area contributed by atoms with Crippen LogP contribution in [0.25, 0.3) is 0 Å². The SMILES string of the molecule is CC(C)C[C@@H](NC(=O)[C@@H](Cc1ccccc1)NC(=O)[C@H](N)Cc1ccccc1)C(=O)N[C@H](CCCCN)C(=O)NCC(=O)NCC(=O)NCC(=O)NCCSC1CC(=O)N(c2ccc(CCC(=O)N3CCC3=O)cc2)C1=O. The number of nitrogens with one attached hydrogen (secondary N) is 7. The highest BCUT2D eigenvalue weighted by Gasteiger charge is 2.40. The third-order valence-corrected chi connectivity index (χ3v) is 13.8. The highest BCUT2D eigenvalue weighted by atomic mass is 32.2. The van der Waals surface area contributed by atoms with Crippen LogP contribution in [0.4, 0.5) is 5.69 Å². The fraction of sp³-hybridized carbons (Fsp3) is 0.463. The molecular weight excluding hydrogens is 1010 g/mol. The number of carbonyl (C=O) groups is 11. The molecule has 77 heavy (non-hydrogen) atoms. The summed E-state index contributed by atoms with van der Waals surface area (Å²) in [6, 6.07) is 20.7. The predicted octanol–water partition coefficient (Wildman–Crippen LogP) is -0.350. The van der Waals surface area contributed by atoms with Gasteiger partial charge in [0, 0.05) is 44.5 Å². The molecule has 22 nitrogen and oxygen atoms in total. The fourth-order valence-corrected chi connectivity index (χ4v) is 9.33. The number of nitrogens with zero attached hydrogens (tertiary/aromatic N) is 2. The van der Waals surface area contributed by atoms with E-state index in [0.717, 1.165) is 21.6 Å². The quantitative estimate of drug-likeness (QED) is 0.0226. The molecule has 5 rings (SSSR count). The molecular formula is C54H71N11O11S. The predicted molar refractivity (Wildman–Crippen MR) is 288 cm³/mol. The Kier molecular flexibility index (Phi) is 24.2. The van der Waals surface area contributed by atoms with Crippen LogP contribution >= 0.6 is 11.8 Å². The number of imide groups is 2. The van der Waals surface area contributed by atoms with Gasteiger partial charge in [-0.25, -0.2) is 4.90 Å². The van der Waals surface area contributed by atoms with Crippen LogP contribution in [0, 0.1) is 5.92 Å². The second kappa shape index (κ2) is 30.9. The lowest BCUT2D eigenvalue weighted by Crippen LogP contribution is -2.58. The Morgan fingerprint density at radius 2 is 1.21 bits per heavy atom. The van der Waals surface area contributed by atoms with Crippen LogP contribution in [0.1, 0.15) is 75.5 Å². The molecule has 23 heteroatoms. The van der Waals surface area contributed by atoms with Crippen molar-refractivity contribution in [1.82, 2.24) is 42.1 Å². The number of thioether (sulfide) groups is 1. The normalized spacial score (nSPS) is 15.6. The minimum Gasteiger partial charge on any atom is -0.354 e. The highest BCUT2D eigenvalue weighted by molar-refractivity contribution is 8.00. The Hall–Kier alpha value is -7.50. The number of amides is 11. The lowest BCUT2D eigenvalue weighted by molar-refractivity contribution is -0.152. The van der Waals surface area contributed by atoms with Gasteiger partial charge in [0.15, 0.2) is 0 Å². The zero-order valence-corrected chi connectivity index (χ0v) is 44.3. The van der Waals surface area contributed by atoms with E-state index in [2.05, 4.69) is 37.2 Å². The summed E-state index contributed by atoms with van der Waals surface area (Å²) in [4.78, 5) is 144. The summed E-state index contributed by atoms with van der Waals surface area (Å²) < 4.78 is 0. The van der Waals surface area contributed by atoms with Crippen molar-refractivity contribution in [2.45, 2.75) is 107 Å². The number of β-lactam (4-membered cyclic amide) rings is 1. The number of aryl methyl sites for hydroxylation is 1. The van der Waals surface area contributed by atoms with Gasteiger partial charge in [0.05, 0.1) is 36.6 Å². The van der Waals surface area contributed by atoms with Crippen LogP contribution in [-0.2, 0) is 72.0 Å². The van der Waals surface area contributed by atoms with Gasteiger partial charge in [-0.2, -0.15) is 0 Å². The highest BCUT2D eigenvalue weighted by Crippen LogP contribution is 2.30. The van der Waals surface area contributed by atoms with Crippen molar-refractivity contribution in [2.24, 2.45) is 17.4 Å². The molecule has 1 unspecified atom stereocenters. The van der Waals surface area contributed by atoms with E-state index in [9.17, 15) is 52.7 Å². The largest absolute Gasteiger partial charge is 0.354 e. The Balaban J connectivity index is 1.02. The molecule has 0 bridgehead atoms. The molecule has 414 valence electrons. The maximum atomic E-state index is 14.0. The second-order valence-corrected chi connectivity index (χ2v) is 20.5. The maximum absolute atomic E-state index is 14.0. The van der Waals surface area contributed by atoms with Crippen LogP contribution < -0.4 is 53.6 Å². The summed E-state index contributed by atoms with van der Waals surface area (Å²) in [6.45, 7) is 3.12. The van der Waals surface area contributed by atoms with Gasteiger partial charge in [0.1, 0.15) is 18.1 Å². The molecule has 0 saturated carbocycles. The van der Waals surface area contributed by atoms with Crippen LogP contribution in [0.5, 0.6) is 0 Å². The molecule has 5 atom stereocenters. The van der Waals surface area contributed by atoms with E-state index in [-0.39, 0.29) is 68.7 Å². The third kappa shape index (κ3) is 19.9. The molecule has 0 spiro atoms. The summed E-state index contributed by atoms with van der Waals surface area (Å²) in [5.41, 5.74) is 14.8. The Bertz CT molecular complexity index is 2550. The number of likely N-dealkylation sites (tertiary alicyclic amines) is 1. The second-order valence-electron chi connectivity index (χ2n) is 19.2. The molecule has 2 fully saturated rings. The van der Waals surface area contributed by atoms with Crippen molar-refractivity contribution in [3.63, 3.8) is 0 Å². The van der Waals surface area contributed by atoms with E-state index in [1.165, 1.54) is 16.7 Å². The van der Waals surface area contributed by atoms with Crippen LogP contribution in [0.3, 0.4) is 0 Å². The molecule has 2 aliphatic heterocycles. The summed E-state index contributed by atoms with van der Waals surface area (Å²) in [7, 11) is 0. The smallest absolute Gasteiger partial charge is 0.247 e. The monoisotopic (exact) mass is 1080 g/mol. The molecule has 11 amide bonds. The van der Waals surface area contributed by atoms with Crippen molar-refractivity contribution >= 4 is 82.4 Å². The van der Waals surface area contributed by atoms with Gasteiger partial charge >= 0.3 is 0 Å². The molecule has 0 radical (unpaired) electrons. The fourth-order valence-electron chi connectivity index (χ4n) is 8.32. The number of hydrogen-bond donors (Lipinski definition) is 9.